The van der Waals surface area contributed by atoms with Gasteiger partial charge in [-0.1, -0.05) is 54.1 Å². The standard InChI is InChI=1S/C19H23NO2/c1-14-9-10-15(2)16(11-14)12-18(21)20-13-19(3,22)17-7-5-4-6-8-17/h4-11,22H,12-13H2,1-3H3,(H,20,21). The maximum atomic E-state index is 12.1. The lowest BCUT2D eigenvalue weighted by Gasteiger charge is -2.24. The van der Waals surface area contributed by atoms with Crippen LogP contribution >= 0.6 is 0 Å². The van der Waals surface area contributed by atoms with E-state index in [1.807, 2.05) is 62.4 Å². The van der Waals surface area contributed by atoms with E-state index >= 15 is 0 Å². The third kappa shape index (κ3) is 4.18. The molecular formula is C19H23NO2. The second kappa shape index (κ2) is 6.75. The molecule has 116 valence electrons. The summed E-state index contributed by atoms with van der Waals surface area (Å²) in [5.74, 6) is -0.0788. The molecule has 2 N–H and O–H groups in total. The van der Waals surface area contributed by atoms with Crippen molar-refractivity contribution in [3.63, 3.8) is 0 Å². The Kier molecular flexibility index (Phi) is 4.99. The van der Waals surface area contributed by atoms with E-state index in [-0.39, 0.29) is 12.5 Å². The number of hydrogen-bond acceptors (Lipinski definition) is 2. The van der Waals surface area contributed by atoms with Crippen LogP contribution in [0.4, 0.5) is 0 Å². The van der Waals surface area contributed by atoms with Crippen LogP contribution in [0, 0.1) is 13.8 Å². The minimum absolute atomic E-state index is 0.0788. The fraction of sp³-hybridized carbons (Fsp3) is 0.316. The highest BCUT2D eigenvalue weighted by molar-refractivity contribution is 5.79. The molecule has 0 aliphatic heterocycles. The van der Waals surface area contributed by atoms with Crippen LogP contribution in [0.2, 0.25) is 0 Å². The summed E-state index contributed by atoms with van der Waals surface area (Å²) in [4.78, 5) is 12.1. The molecule has 0 saturated carbocycles. The van der Waals surface area contributed by atoms with Crippen LogP contribution in [-0.4, -0.2) is 17.6 Å². The Morgan fingerprint density at radius 2 is 1.82 bits per heavy atom. The molecule has 0 heterocycles. The molecule has 0 aliphatic carbocycles. The van der Waals surface area contributed by atoms with Gasteiger partial charge in [0, 0.05) is 0 Å². The molecule has 3 nitrogen and oxygen atoms in total. The Hall–Kier alpha value is -2.13. The van der Waals surface area contributed by atoms with Gasteiger partial charge in [-0.05, 0) is 37.5 Å². The molecule has 0 radical (unpaired) electrons. The van der Waals surface area contributed by atoms with Crippen molar-refractivity contribution in [2.24, 2.45) is 0 Å². The fourth-order valence-electron chi connectivity index (χ4n) is 2.40. The first-order valence-corrected chi connectivity index (χ1v) is 7.49. The van der Waals surface area contributed by atoms with Crippen LogP contribution in [0.5, 0.6) is 0 Å². The molecule has 0 aliphatic rings. The van der Waals surface area contributed by atoms with Crippen LogP contribution in [0.1, 0.15) is 29.2 Å². The molecule has 0 saturated heterocycles. The molecule has 1 unspecified atom stereocenters. The largest absolute Gasteiger partial charge is 0.384 e. The van der Waals surface area contributed by atoms with Gasteiger partial charge in [-0.3, -0.25) is 4.79 Å². The van der Waals surface area contributed by atoms with E-state index in [0.29, 0.717) is 6.42 Å². The number of aryl methyl sites for hydroxylation is 2. The van der Waals surface area contributed by atoms with Gasteiger partial charge in [-0.2, -0.15) is 0 Å². The summed E-state index contributed by atoms with van der Waals surface area (Å²) in [6.07, 6.45) is 0.332. The number of nitrogens with one attached hydrogen (secondary N) is 1. The Morgan fingerprint density at radius 3 is 2.50 bits per heavy atom. The number of amides is 1. The van der Waals surface area contributed by atoms with Gasteiger partial charge in [0.15, 0.2) is 0 Å². The number of benzene rings is 2. The molecular weight excluding hydrogens is 274 g/mol. The third-order valence-corrected chi connectivity index (χ3v) is 3.88. The maximum Gasteiger partial charge on any atom is 0.224 e. The molecule has 0 bridgehead atoms. The molecule has 3 heteroatoms. The van der Waals surface area contributed by atoms with Gasteiger partial charge < -0.3 is 10.4 Å². The summed E-state index contributed by atoms with van der Waals surface area (Å²) in [5, 5.41) is 13.3. The SMILES string of the molecule is Cc1ccc(C)c(CC(=O)NCC(C)(O)c2ccccc2)c1. The molecule has 0 aromatic heterocycles. The monoisotopic (exact) mass is 297 g/mol. The Morgan fingerprint density at radius 1 is 1.14 bits per heavy atom. The summed E-state index contributed by atoms with van der Waals surface area (Å²) >= 11 is 0. The number of aliphatic hydroxyl groups is 1. The van der Waals surface area contributed by atoms with Crippen molar-refractivity contribution in [1.29, 1.82) is 0 Å². The van der Waals surface area contributed by atoms with Crippen molar-refractivity contribution in [2.75, 3.05) is 6.54 Å². The highest BCUT2D eigenvalue weighted by atomic mass is 16.3. The summed E-state index contributed by atoms with van der Waals surface area (Å²) in [5.41, 5.74) is 3.00. The smallest absolute Gasteiger partial charge is 0.224 e. The van der Waals surface area contributed by atoms with Gasteiger partial charge in [0.05, 0.1) is 13.0 Å². The van der Waals surface area contributed by atoms with Crippen LogP contribution in [0.3, 0.4) is 0 Å². The average molecular weight is 297 g/mol. The molecule has 1 amide bonds. The lowest BCUT2D eigenvalue weighted by Crippen LogP contribution is -2.39. The molecule has 22 heavy (non-hydrogen) atoms. The zero-order valence-corrected chi connectivity index (χ0v) is 13.4. The Balaban J connectivity index is 1.97. The van der Waals surface area contributed by atoms with Crippen molar-refractivity contribution >= 4 is 5.91 Å². The van der Waals surface area contributed by atoms with Gasteiger partial charge >= 0.3 is 0 Å². The fourth-order valence-corrected chi connectivity index (χ4v) is 2.40. The second-order valence-electron chi connectivity index (χ2n) is 6.02. The van der Waals surface area contributed by atoms with E-state index in [4.69, 9.17) is 0 Å². The average Bonchev–Trinajstić information content (AvgIpc) is 2.50. The van der Waals surface area contributed by atoms with Crippen LogP contribution < -0.4 is 5.32 Å². The Labute approximate surface area is 132 Å². The topological polar surface area (TPSA) is 49.3 Å². The number of rotatable bonds is 5. The second-order valence-corrected chi connectivity index (χ2v) is 6.02. The van der Waals surface area contributed by atoms with Crippen molar-refractivity contribution < 1.29 is 9.90 Å². The van der Waals surface area contributed by atoms with Gasteiger partial charge in [-0.25, -0.2) is 0 Å². The van der Waals surface area contributed by atoms with Crippen molar-refractivity contribution in [3.05, 3.63) is 70.8 Å². The first-order valence-electron chi connectivity index (χ1n) is 7.49. The highest BCUT2D eigenvalue weighted by Gasteiger charge is 2.23. The van der Waals surface area contributed by atoms with Gasteiger partial charge in [0.2, 0.25) is 5.91 Å². The normalized spacial score (nSPS) is 13.5. The van der Waals surface area contributed by atoms with Crippen molar-refractivity contribution in [2.45, 2.75) is 32.8 Å². The van der Waals surface area contributed by atoms with Crippen molar-refractivity contribution in [3.8, 4) is 0 Å². The third-order valence-electron chi connectivity index (χ3n) is 3.88. The molecule has 2 aromatic carbocycles. The number of carbonyl (C=O) groups is 1. The molecule has 2 aromatic rings. The lowest BCUT2D eigenvalue weighted by atomic mass is 9.96. The molecule has 0 fully saturated rings. The number of carbonyl (C=O) groups excluding carboxylic acids is 1. The van der Waals surface area contributed by atoms with Gasteiger partial charge in [-0.15, -0.1) is 0 Å². The van der Waals surface area contributed by atoms with Crippen LogP contribution in [-0.2, 0) is 16.8 Å². The highest BCUT2D eigenvalue weighted by Crippen LogP contribution is 2.19. The van der Waals surface area contributed by atoms with Crippen molar-refractivity contribution in [1.82, 2.24) is 5.32 Å². The predicted molar refractivity (Wildman–Crippen MR) is 88.6 cm³/mol. The first kappa shape index (κ1) is 16.2. The Bertz CT molecular complexity index is 648. The summed E-state index contributed by atoms with van der Waals surface area (Å²) in [6, 6.07) is 15.5. The quantitative estimate of drug-likeness (QED) is 0.891. The van der Waals surface area contributed by atoms with Crippen LogP contribution in [0.25, 0.3) is 0 Å². The minimum atomic E-state index is -1.07. The van der Waals surface area contributed by atoms with E-state index in [1.54, 1.807) is 6.92 Å². The van der Waals surface area contributed by atoms with Gasteiger partial charge in [0.25, 0.3) is 0 Å². The predicted octanol–water partition coefficient (Wildman–Crippen LogP) is 2.87. The molecule has 2 rings (SSSR count). The van der Waals surface area contributed by atoms with E-state index in [2.05, 4.69) is 5.32 Å². The minimum Gasteiger partial charge on any atom is -0.384 e. The van der Waals surface area contributed by atoms with E-state index in [0.717, 1.165) is 22.3 Å². The van der Waals surface area contributed by atoms with Crippen LogP contribution in [0.15, 0.2) is 48.5 Å². The maximum absolute atomic E-state index is 12.1. The number of hydrogen-bond donors (Lipinski definition) is 2. The zero-order chi connectivity index (χ0) is 16.2. The van der Waals surface area contributed by atoms with E-state index in [1.165, 1.54) is 0 Å². The zero-order valence-electron chi connectivity index (χ0n) is 13.4. The molecule has 0 spiro atoms. The molecule has 1 atom stereocenters. The lowest BCUT2D eigenvalue weighted by molar-refractivity contribution is -0.121. The first-order chi connectivity index (χ1) is 10.4. The summed E-state index contributed by atoms with van der Waals surface area (Å²) in [7, 11) is 0. The van der Waals surface area contributed by atoms with Gasteiger partial charge in [0.1, 0.15) is 5.60 Å². The van der Waals surface area contributed by atoms with E-state index in [9.17, 15) is 9.90 Å². The summed E-state index contributed by atoms with van der Waals surface area (Å²) in [6.45, 7) is 5.92. The van der Waals surface area contributed by atoms with E-state index < -0.39 is 5.60 Å². The summed E-state index contributed by atoms with van der Waals surface area (Å²) < 4.78 is 0.